The standard InChI is InChI=1S/C11H8N4O/c16-11-9-6-8(15-5-1-4-14-15)2-3-10(9)12-7-13-11/h1-7H,(H,12,13,16). The van der Waals surface area contributed by atoms with Gasteiger partial charge in [-0.25, -0.2) is 9.67 Å². The maximum absolute atomic E-state index is 11.6. The third-order valence-corrected chi connectivity index (χ3v) is 2.39. The molecule has 2 aromatic heterocycles. The normalized spacial score (nSPS) is 10.8. The van der Waals surface area contributed by atoms with E-state index in [2.05, 4.69) is 15.1 Å². The highest BCUT2D eigenvalue weighted by atomic mass is 16.1. The lowest BCUT2D eigenvalue weighted by atomic mass is 10.2. The quantitative estimate of drug-likeness (QED) is 0.657. The highest BCUT2D eigenvalue weighted by Crippen LogP contribution is 2.12. The van der Waals surface area contributed by atoms with E-state index in [0.29, 0.717) is 10.9 Å². The minimum Gasteiger partial charge on any atom is -0.313 e. The maximum Gasteiger partial charge on any atom is 0.258 e. The molecule has 0 saturated carbocycles. The van der Waals surface area contributed by atoms with Crippen molar-refractivity contribution in [3.05, 3.63) is 53.3 Å². The minimum absolute atomic E-state index is 0.140. The van der Waals surface area contributed by atoms with Gasteiger partial charge in [-0.1, -0.05) is 0 Å². The van der Waals surface area contributed by atoms with E-state index in [1.165, 1.54) is 6.33 Å². The monoisotopic (exact) mass is 212 g/mol. The highest BCUT2D eigenvalue weighted by Gasteiger charge is 2.02. The Morgan fingerprint density at radius 2 is 2.25 bits per heavy atom. The summed E-state index contributed by atoms with van der Waals surface area (Å²) in [4.78, 5) is 18.2. The van der Waals surface area contributed by atoms with Gasteiger partial charge in [0.1, 0.15) is 0 Å². The first-order chi connectivity index (χ1) is 7.84. The van der Waals surface area contributed by atoms with Gasteiger partial charge >= 0.3 is 0 Å². The molecular formula is C11H8N4O. The molecule has 16 heavy (non-hydrogen) atoms. The van der Waals surface area contributed by atoms with Crippen molar-refractivity contribution in [1.29, 1.82) is 0 Å². The Labute approximate surface area is 90.4 Å². The van der Waals surface area contributed by atoms with E-state index in [4.69, 9.17) is 0 Å². The molecule has 5 nitrogen and oxygen atoms in total. The van der Waals surface area contributed by atoms with Gasteiger partial charge in [0.2, 0.25) is 0 Å². The lowest BCUT2D eigenvalue weighted by Crippen LogP contribution is -2.07. The summed E-state index contributed by atoms with van der Waals surface area (Å²) in [5.41, 5.74) is 1.38. The van der Waals surface area contributed by atoms with E-state index in [0.717, 1.165) is 5.69 Å². The zero-order valence-corrected chi connectivity index (χ0v) is 8.29. The molecule has 1 aromatic carbocycles. The summed E-state index contributed by atoms with van der Waals surface area (Å²) in [6.07, 6.45) is 4.92. The number of nitrogens with zero attached hydrogens (tertiary/aromatic N) is 3. The molecule has 0 aliphatic rings. The molecule has 0 fully saturated rings. The first-order valence-electron chi connectivity index (χ1n) is 4.82. The fourth-order valence-corrected chi connectivity index (χ4v) is 1.62. The largest absolute Gasteiger partial charge is 0.313 e. The number of hydrogen-bond donors (Lipinski definition) is 1. The van der Waals surface area contributed by atoms with Crippen molar-refractivity contribution in [3.8, 4) is 5.69 Å². The summed E-state index contributed by atoms with van der Waals surface area (Å²) in [6.45, 7) is 0. The number of benzene rings is 1. The minimum atomic E-state index is -0.140. The molecule has 1 N–H and O–H groups in total. The second-order valence-electron chi connectivity index (χ2n) is 3.38. The molecule has 3 rings (SSSR count). The van der Waals surface area contributed by atoms with Gasteiger partial charge in [-0.3, -0.25) is 4.79 Å². The predicted octanol–water partition coefficient (Wildman–Crippen LogP) is 1.11. The van der Waals surface area contributed by atoms with E-state index in [1.54, 1.807) is 16.9 Å². The zero-order chi connectivity index (χ0) is 11.0. The Bertz CT molecular complexity index is 685. The molecule has 2 heterocycles. The summed E-state index contributed by atoms with van der Waals surface area (Å²) in [7, 11) is 0. The van der Waals surface area contributed by atoms with Crippen LogP contribution in [0.2, 0.25) is 0 Å². The van der Waals surface area contributed by atoms with Crippen molar-refractivity contribution in [2.24, 2.45) is 0 Å². The number of nitrogens with one attached hydrogen (secondary N) is 1. The third kappa shape index (κ3) is 1.30. The van der Waals surface area contributed by atoms with Crippen LogP contribution in [0.4, 0.5) is 0 Å². The van der Waals surface area contributed by atoms with Crippen LogP contribution < -0.4 is 5.56 Å². The van der Waals surface area contributed by atoms with E-state index in [-0.39, 0.29) is 5.56 Å². The lowest BCUT2D eigenvalue weighted by molar-refractivity contribution is 0.881. The number of aromatic amines is 1. The van der Waals surface area contributed by atoms with Crippen LogP contribution >= 0.6 is 0 Å². The van der Waals surface area contributed by atoms with E-state index in [1.807, 2.05) is 24.4 Å². The van der Waals surface area contributed by atoms with Crippen LogP contribution in [-0.4, -0.2) is 19.7 Å². The van der Waals surface area contributed by atoms with Crippen LogP contribution in [0.3, 0.4) is 0 Å². The van der Waals surface area contributed by atoms with Gasteiger partial charge in [0.15, 0.2) is 0 Å². The molecule has 0 unspecified atom stereocenters. The highest BCUT2D eigenvalue weighted by molar-refractivity contribution is 5.79. The van der Waals surface area contributed by atoms with Gasteiger partial charge < -0.3 is 4.98 Å². The van der Waals surface area contributed by atoms with Crippen molar-refractivity contribution in [1.82, 2.24) is 19.7 Å². The SMILES string of the molecule is O=c1[nH]cnc2ccc(-n3cccn3)cc12. The molecular weight excluding hydrogens is 204 g/mol. The van der Waals surface area contributed by atoms with Gasteiger partial charge in [-0.2, -0.15) is 5.10 Å². The number of aromatic nitrogens is 4. The van der Waals surface area contributed by atoms with Crippen LogP contribution in [-0.2, 0) is 0 Å². The van der Waals surface area contributed by atoms with Crippen LogP contribution in [0.25, 0.3) is 16.6 Å². The summed E-state index contributed by atoms with van der Waals surface area (Å²) in [5, 5.41) is 4.67. The summed E-state index contributed by atoms with van der Waals surface area (Å²) in [6, 6.07) is 7.29. The van der Waals surface area contributed by atoms with Gasteiger partial charge in [0.05, 0.1) is 22.9 Å². The second kappa shape index (κ2) is 3.30. The van der Waals surface area contributed by atoms with E-state index < -0.39 is 0 Å². The number of H-pyrrole nitrogens is 1. The number of rotatable bonds is 1. The van der Waals surface area contributed by atoms with Crippen molar-refractivity contribution in [2.75, 3.05) is 0 Å². The van der Waals surface area contributed by atoms with Crippen molar-refractivity contribution < 1.29 is 0 Å². The molecule has 78 valence electrons. The lowest BCUT2D eigenvalue weighted by Gasteiger charge is -2.02. The van der Waals surface area contributed by atoms with Crippen molar-refractivity contribution >= 4 is 10.9 Å². The van der Waals surface area contributed by atoms with Gasteiger partial charge in [-0.15, -0.1) is 0 Å². The Kier molecular flexibility index (Phi) is 1.83. The molecule has 0 atom stereocenters. The molecule has 0 bridgehead atoms. The van der Waals surface area contributed by atoms with Crippen molar-refractivity contribution in [2.45, 2.75) is 0 Å². The fourth-order valence-electron chi connectivity index (χ4n) is 1.62. The van der Waals surface area contributed by atoms with E-state index >= 15 is 0 Å². The van der Waals surface area contributed by atoms with E-state index in [9.17, 15) is 4.79 Å². The van der Waals surface area contributed by atoms with Crippen LogP contribution in [0, 0.1) is 0 Å². The smallest absolute Gasteiger partial charge is 0.258 e. The first kappa shape index (κ1) is 8.84. The van der Waals surface area contributed by atoms with Gasteiger partial charge in [0.25, 0.3) is 5.56 Å². The molecule has 3 aromatic rings. The molecule has 0 amide bonds. The second-order valence-corrected chi connectivity index (χ2v) is 3.38. The average molecular weight is 212 g/mol. The van der Waals surface area contributed by atoms with Crippen molar-refractivity contribution in [3.63, 3.8) is 0 Å². The fraction of sp³-hybridized carbons (Fsp3) is 0. The first-order valence-corrected chi connectivity index (χ1v) is 4.82. The molecule has 0 radical (unpaired) electrons. The van der Waals surface area contributed by atoms with Crippen LogP contribution in [0.15, 0.2) is 47.8 Å². The Morgan fingerprint density at radius 1 is 1.31 bits per heavy atom. The van der Waals surface area contributed by atoms with Gasteiger partial charge in [0, 0.05) is 12.4 Å². The molecule has 0 aliphatic carbocycles. The summed E-state index contributed by atoms with van der Waals surface area (Å²) < 4.78 is 1.70. The summed E-state index contributed by atoms with van der Waals surface area (Å²) in [5.74, 6) is 0. The third-order valence-electron chi connectivity index (χ3n) is 2.39. The molecule has 0 saturated heterocycles. The maximum atomic E-state index is 11.6. The Hall–Kier alpha value is -2.43. The summed E-state index contributed by atoms with van der Waals surface area (Å²) >= 11 is 0. The van der Waals surface area contributed by atoms with Gasteiger partial charge in [-0.05, 0) is 24.3 Å². The zero-order valence-electron chi connectivity index (χ0n) is 8.29. The average Bonchev–Trinajstić information content (AvgIpc) is 2.83. The van der Waals surface area contributed by atoms with Crippen LogP contribution in [0.1, 0.15) is 0 Å². The van der Waals surface area contributed by atoms with Crippen LogP contribution in [0.5, 0.6) is 0 Å². The molecule has 5 heteroatoms. The molecule has 0 spiro atoms. The predicted molar refractivity (Wildman–Crippen MR) is 59.5 cm³/mol. The molecule has 0 aliphatic heterocycles. The Balaban J connectivity index is 2.31. The topological polar surface area (TPSA) is 63.6 Å². The number of hydrogen-bond acceptors (Lipinski definition) is 3. The Morgan fingerprint density at radius 3 is 3.06 bits per heavy atom. The number of fused-ring (bicyclic) bond motifs is 1.